The fourth-order valence-electron chi connectivity index (χ4n) is 2.68. The second kappa shape index (κ2) is 5.98. The van der Waals surface area contributed by atoms with Gasteiger partial charge in [-0.25, -0.2) is 0 Å². The summed E-state index contributed by atoms with van der Waals surface area (Å²) in [7, 11) is 3.85. The Morgan fingerprint density at radius 1 is 1.47 bits per heavy atom. The number of ether oxygens (including phenoxy) is 1. The lowest BCUT2D eigenvalue weighted by atomic mass is 9.97. The smallest absolute Gasteiger partial charge is 0.0465 e. The molecule has 1 heterocycles. The highest BCUT2D eigenvalue weighted by Crippen LogP contribution is 2.36. The van der Waals surface area contributed by atoms with Gasteiger partial charge < -0.3 is 10.1 Å². The first-order valence-corrected chi connectivity index (χ1v) is 7.35. The van der Waals surface area contributed by atoms with E-state index < -0.39 is 0 Å². The summed E-state index contributed by atoms with van der Waals surface area (Å²) < 4.78 is 5.18. The summed E-state index contributed by atoms with van der Waals surface area (Å²) in [5, 5.41) is 3.47. The van der Waals surface area contributed by atoms with E-state index in [-0.39, 0.29) is 0 Å². The lowest BCUT2D eigenvalue weighted by molar-refractivity contribution is 0.171. The van der Waals surface area contributed by atoms with Crippen LogP contribution in [0.5, 0.6) is 0 Å². The van der Waals surface area contributed by atoms with Crippen molar-refractivity contribution in [2.45, 2.75) is 38.6 Å². The molecule has 1 N–H and O–H groups in total. The fourth-order valence-corrected chi connectivity index (χ4v) is 4.18. The molecule has 1 aromatic heterocycles. The van der Waals surface area contributed by atoms with Crippen molar-refractivity contribution >= 4 is 11.3 Å². The molecule has 1 aromatic rings. The average Bonchev–Trinajstić information content (AvgIpc) is 2.88. The first-order chi connectivity index (χ1) is 8.26. The van der Waals surface area contributed by atoms with Crippen molar-refractivity contribution in [1.29, 1.82) is 0 Å². The van der Waals surface area contributed by atoms with Crippen molar-refractivity contribution in [1.82, 2.24) is 5.32 Å². The second-order valence-corrected chi connectivity index (χ2v) is 6.14. The van der Waals surface area contributed by atoms with Crippen LogP contribution in [0.4, 0.5) is 0 Å². The van der Waals surface area contributed by atoms with E-state index in [0.29, 0.717) is 12.0 Å². The maximum Gasteiger partial charge on any atom is 0.0465 e. The lowest BCUT2D eigenvalue weighted by Gasteiger charge is -2.22. The minimum Gasteiger partial charge on any atom is -0.385 e. The molecule has 0 radical (unpaired) electrons. The van der Waals surface area contributed by atoms with Crippen LogP contribution in [-0.2, 0) is 17.6 Å². The highest BCUT2D eigenvalue weighted by molar-refractivity contribution is 7.12. The zero-order valence-electron chi connectivity index (χ0n) is 11.1. The van der Waals surface area contributed by atoms with Gasteiger partial charge in [-0.1, -0.05) is 6.92 Å². The fraction of sp³-hybridized carbons (Fsp3) is 0.714. The SMILES string of the molecule is CNC(c1cc2c(s1)CCC2)C(C)CCOC. The standard InChI is InChI=1S/C14H23NOS/c1-10(7-8-16-3)14(15-2)13-9-11-5-4-6-12(11)17-13/h9-10,14-15H,4-8H2,1-3H3. The van der Waals surface area contributed by atoms with Gasteiger partial charge in [-0.3, -0.25) is 0 Å². The van der Waals surface area contributed by atoms with Gasteiger partial charge >= 0.3 is 0 Å². The van der Waals surface area contributed by atoms with Gasteiger partial charge in [0.2, 0.25) is 0 Å². The molecule has 96 valence electrons. The van der Waals surface area contributed by atoms with Crippen LogP contribution in [-0.4, -0.2) is 20.8 Å². The molecule has 0 amide bonds. The molecule has 0 aliphatic heterocycles. The Morgan fingerprint density at radius 2 is 2.29 bits per heavy atom. The molecule has 2 unspecified atom stereocenters. The van der Waals surface area contributed by atoms with E-state index in [1.165, 1.54) is 24.1 Å². The van der Waals surface area contributed by atoms with E-state index in [2.05, 4.69) is 25.4 Å². The Morgan fingerprint density at radius 3 is 2.94 bits per heavy atom. The molecule has 0 bridgehead atoms. The predicted molar refractivity (Wildman–Crippen MR) is 73.8 cm³/mol. The zero-order chi connectivity index (χ0) is 12.3. The molecule has 1 aliphatic rings. The molecule has 0 saturated carbocycles. The van der Waals surface area contributed by atoms with E-state index in [9.17, 15) is 0 Å². The molecule has 0 aromatic carbocycles. The lowest BCUT2D eigenvalue weighted by Crippen LogP contribution is -2.23. The van der Waals surface area contributed by atoms with Crippen molar-refractivity contribution in [3.8, 4) is 0 Å². The van der Waals surface area contributed by atoms with Crippen LogP contribution >= 0.6 is 11.3 Å². The Balaban J connectivity index is 2.06. The van der Waals surface area contributed by atoms with Crippen LogP contribution in [0.2, 0.25) is 0 Å². The van der Waals surface area contributed by atoms with Crippen molar-refractivity contribution < 1.29 is 4.74 Å². The van der Waals surface area contributed by atoms with Gasteiger partial charge in [0.1, 0.15) is 0 Å². The van der Waals surface area contributed by atoms with E-state index in [1.54, 1.807) is 17.6 Å². The largest absolute Gasteiger partial charge is 0.385 e. The van der Waals surface area contributed by atoms with Crippen molar-refractivity contribution in [2.24, 2.45) is 5.92 Å². The average molecular weight is 253 g/mol. The molecule has 0 saturated heterocycles. The van der Waals surface area contributed by atoms with Gasteiger partial charge in [0.25, 0.3) is 0 Å². The van der Waals surface area contributed by atoms with Crippen molar-refractivity contribution in [3.63, 3.8) is 0 Å². The number of rotatable bonds is 6. The number of hydrogen-bond donors (Lipinski definition) is 1. The summed E-state index contributed by atoms with van der Waals surface area (Å²) in [6.07, 6.45) is 5.05. The van der Waals surface area contributed by atoms with E-state index in [0.717, 1.165) is 13.0 Å². The molecule has 2 atom stereocenters. The van der Waals surface area contributed by atoms with Gasteiger partial charge in [-0.05, 0) is 50.3 Å². The van der Waals surface area contributed by atoms with E-state index in [4.69, 9.17) is 4.74 Å². The van der Waals surface area contributed by atoms with Crippen molar-refractivity contribution in [3.05, 3.63) is 21.4 Å². The van der Waals surface area contributed by atoms with Gasteiger partial charge in [0.05, 0.1) is 0 Å². The highest BCUT2D eigenvalue weighted by atomic mass is 32.1. The van der Waals surface area contributed by atoms with Gasteiger partial charge in [0, 0.05) is 29.5 Å². The van der Waals surface area contributed by atoms with Crippen molar-refractivity contribution in [2.75, 3.05) is 20.8 Å². The van der Waals surface area contributed by atoms with Crippen LogP contribution in [0.1, 0.15) is 41.1 Å². The highest BCUT2D eigenvalue weighted by Gasteiger charge is 2.22. The number of thiophene rings is 1. The number of methoxy groups -OCH3 is 1. The summed E-state index contributed by atoms with van der Waals surface area (Å²) in [4.78, 5) is 3.14. The predicted octanol–water partition coefficient (Wildman–Crippen LogP) is 3.17. The zero-order valence-corrected chi connectivity index (χ0v) is 11.9. The normalized spacial score (nSPS) is 18.1. The topological polar surface area (TPSA) is 21.3 Å². The number of nitrogens with one attached hydrogen (secondary N) is 1. The van der Waals surface area contributed by atoms with Gasteiger partial charge in [-0.15, -0.1) is 11.3 Å². The molecular weight excluding hydrogens is 230 g/mol. The number of hydrogen-bond acceptors (Lipinski definition) is 3. The molecule has 3 heteroatoms. The third-order valence-corrected chi connectivity index (χ3v) is 5.05. The van der Waals surface area contributed by atoms with Crippen LogP contribution in [0.3, 0.4) is 0 Å². The Labute approximate surface area is 108 Å². The quantitative estimate of drug-likeness (QED) is 0.841. The van der Waals surface area contributed by atoms with Crippen LogP contribution in [0.25, 0.3) is 0 Å². The van der Waals surface area contributed by atoms with Crippen LogP contribution in [0.15, 0.2) is 6.07 Å². The maximum atomic E-state index is 5.18. The Bertz CT molecular complexity index is 340. The first-order valence-electron chi connectivity index (χ1n) is 6.54. The molecule has 2 nitrogen and oxygen atoms in total. The molecule has 2 rings (SSSR count). The third kappa shape index (κ3) is 2.90. The molecule has 0 spiro atoms. The Hall–Kier alpha value is -0.380. The summed E-state index contributed by atoms with van der Waals surface area (Å²) in [6.45, 7) is 3.16. The molecule has 17 heavy (non-hydrogen) atoms. The first kappa shape index (κ1) is 13.1. The summed E-state index contributed by atoms with van der Waals surface area (Å²) in [5.41, 5.74) is 1.60. The Kier molecular flexibility index (Phi) is 4.60. The van der Waals surface area contributed by atoms with Gasteiger partial charge in [0.15, 0.2) is 0 Å². The molecular formula is C14H23NOS. The second-order valence-electron chi connectivity index (χ2n) is 4.98. The third-order valence-electron chi connectivity index (χ3n) is 3.73. The van der Waals surface area contributed by atoms with Crippen LogP contribution < -0.4 is 5.32 Å². The van der Waals surface area contributed by atoms with Gasteiger partial charge in [-0.2, -0.15) is 0 Å². The minimum atomic E-state index is 0.487. The molecule has 1 aliphatic carbocycles. The van der Waals surface area contributed by atoms with Crippen LogP contribution in [0, 0.1) is 5.92 Å². The summed E-state index contributed by atoms with van der Waals surface area (Å²) in [6, 6.07) is 2.91. The van der Waals surface area contributed by atoms with E-state index in [1.807, 2.05) is 11.3 Å². The number of aryl methyl sites for hydroxylation is 2. The summed E-state index contributed by atoms with van der Waals surface area (Å²) in [5.74, 6) is 0.624. The number of fused-ring (bicyclic) bond motifs is 1. The molecule has 0 fully saturated rings. The maximum absolute atomic E-state index is 5.18. The minimum absolute atomic E-state index is 0.487. The summed E-state index contributed by atoms with van der Waals surface area (Å²) >= 11 is 2.01. The monoisotopic (exact) mass is 253 g/mol. The van der Waals surface area contributed by atoms with E-state index >= 15 is 0 Å².